The molecule has 0 saturated heterocycles. The lowest BCUT2D eigenvalue weighted by atomic mass is 10.1. The number of hydrogen-bond acceptors (Lipinski definition) is 3. The van der Waals surface area contributed by atoms with Gasteiger partial charge in [-0.15, -0.1) is 0 Å². The molecular formula is C19H24FN3O2. The van der Waals surface area contributed by atoms with Gasteiger partial charge < -0.3 is 15.0 Å². The average Bonchev–Trinajstić information content (AvgIpc) is 2.62. The highest BCUT2D eigenvalue weighted by Crippen LogP contribution is 2.22. The molecule has 6 heteroatoms. The van der Waals surface area contributed by atoms with Gasteiger partial charge in [0, 0.05) is 31.9 Å². The minimum absolute atomic E-state index is 0.210. The van der Waals surface area contributed by atoms with Crippen LogP contribution >= 0.6 is 0 Å². The second-order valence-electron chi connectivity index (χ2n) is 5.79. The fourth-order valence-corrected chi connectivity index (χ4v) is 2.37. The molecule has 0 fully saturated rings. The fourth-order valence-electron chi connectivity index (χ4n) is 2.37. The van der Waals surface area contributed by atoms with Crippen LogP contribution in [0, 0.1) is 5.82 Å². The van der Waals surface area contributed by atoms with Crippen LogP contribution in [0.5, 0.6) is 5.75 Å². The van der Waals surface area contributed by atoms with Crippen molar-refractivity contribution in [1.82, 2.24) is 15.2 Å². The smallest absolute Gasteiger partial charge is 0.317 e. The van der Waals surface area contributed by atoms with Gasteiger partial charge in [-0.1, -0.05) is 12.1 Å². The zero-order valence-corrected chi connectivity index (χ0v) is 14.8. The van der Waals surface area contributed by atoms with E-state index < -0.39 is 5.82 Å². The number of carbonyl (C=O) groups is 1. The van der Waals surface area contributed by atoms with Gasteiger partial charge in [0.1, 0.15) is 0 Å². The van der Waals surface area contributed by atoms with Gasteiger partial charge in [0.05, 0.1) is 12.6 Å². The maximum Gasteiger partial charge on any atom is 0.317 e. The van der Waals surface area contributed by atoms with E-state index in [-0.39, 0.29) is 17.8 Å². The summed E-state index contributed by atoms with van der Waals surface area (Å²) in [5.41, 5.74) is 1.62. The van der Waals surface area contributed by atoms with Crippen LogP contribution in [0.3, 0.4) is 0 Å². The van der Waals surface area contributed by atoms with Crippen molar-refractivity contribution >= 4 is 6.03 Å². The molecule has 0 aliphatic carbocycles. The molecule has 0 bridgehead atoms. The molecule has 2 aromatic rings. The Balaban J connectivity index is 1.89. The minimum Gasteiger partial charge on any atom is -0.491 e. The van der Waals surface area contributed by atoms with E-state index in [0.29, 0.717) is 25.1 Å². The third-order valence-corrected chi connectivity index (χ3v) is 3.87. The number of likely N-dealkylation sites (N-methyl/N-ethyl adjacent to an activating group) is 1. The molecule has 0 saturated carbocycles. The predicted molar refractivity (Wildman–Crippen MR) is 95.1 cm³/mol. The molecule has 1 atom stereocenters. The molecule has 25 heavy (non-hydrogen) atoms. The lowest BCUT2D eigenvalue weighted by Crippen LogP contribution is -2.39. The normalized spacial score (nSPS) is 11.7. The first-order valence-corrected chi connectivity index (χ1v) is 8.35. The standard InChI is InChI=1S/C19H24FN3O2/c1-4-25-18-9-8-15(13-17(18)20)14(2)22-19(24)23(3)12-10-16-7-5-6-11-21-16/h5-9,11,13-14H,4,10,12H2,1-3H3,(H,22,24). The second-order valence-corrected chi connectivity index (χ2v) is 5.79. The van der Waals surface area contributed by atoms with Crippen molar-refractivity contribution in [3.8, 4) is 5.75 Å². The number of rotatable bonds is 7. The summed E-state index contributed by atoms with van der Waals surface area (Å²) in [6.45, 7) is 4.58. The summed E-state index contributed by atoms with van der Waals surface area (Å²) in [6.07, 6.45) is 2.41. The Hall–Kier alpha value is -2.63. The Morgan fingerprint density at radius 2 is 2.16 bits per heavy atom. The van der Waals surface area contributed by atoms with Crippen molar-refractivity contribution in [2.75, 3.05) is 20.2 Å². The van der Waals surface area contributed by atoms with E-state index >= 15 is 0 Å². The number of ether oxygens (including phenoxy) is 1. The van der Waals surface area contributed by atoms with Crippen LogP contribution in [0.25, 0.3) is 0 Å². The largest absolute Gasteiger partial charge is 0.491 e. The highest BCUT2D eigenvalue weighted by molar-refractivity contribution is 5.74. The third kappa shape index (κ3) is 5.45. The van der Waals surface area contributed by atoms with Gasteiger partial charge in [-0.05, 0) is 43.7 Å². The molecule has 0 aliphatic rings. The predicted octanol–water partition coefficient (Wildman–Crippen LogP) is 3.56. The number of halogens is 1. The number of carbonyl (C=O) groups excluding carboxylic acids is 1. The number of amides is 2. The van der Waals surface area contributed by atoms with Gasteiger partial charge in [0.25, 0.3) is 0 Å². The van der Waals surface area contributed by atoms with Crippen LogP contribution in [0.15, 0.2) is 42.6 Å². The molecule has 1 N–H and O–H groups in total. The summed E-state index contributed by atoms with van der Waals surface area (Å²) in [5.74, 6) is -0.207. The molecule has 0 spiro atoms. The van der Waals surface area contributed by atoms with Gasteiger partial charge in [0.15, 0.2) is 11.6 Å². The number of pyridine rings is 1. The summed E-state index contributed by atoms with van der Waals surface area (Å²) in [5, 5.41) is 2.87. The van der Waals surface area contributed by atoms with Crippen molar-refractivity contribution in [1.29, 1.82) is 0 Å². The quantitative estimate of drug-likeness (QED) is 0.835. The van der Waals surface area contributed by atoms with E-state index in [4.69, 9.17) is 4.74 Å². The van der Waals surface area contributed by atoms with Crippen molar-refractivity contribution < 1.29 is 13.9 Å². The van der Waals surface area contributed by atoms with E-state index in [1.165, 1.54) is 6.07 Å². The Labute approximate surface area is 147 Å². The highest BCUT2D eigenvalue weighted by Gasteiger charge is 2.15. The highest BCUT2D eigenvalue weighted by atomic mass is 19.1. The first-order valence-electron chi connectivity index (χ1n) is 8.35. The summed E-state index contributed by atoms with van der Waals surface area (Å²) < 4.78 is 19.1. The Morgan fingerprint density at radius 3 is 2.80 bits per heavy atom. The molecule has 1 heterocycles. The van der Waals surface area contributed by atoms with Crippen molar-refractivity contribution in [2.45, 2.75) is 26.3 Å². The van der Waals surface area contributed by atoms with Gasteiger partial charge in [-0.2, -0.15) is 0 Å². The third-order valence-electron chi connectivity index (χ3n) is 3.87. The van der Waals surface area contributed by atoms with E-state index in [2.05, 4.69) is 10.3 Å². The molecule has 134 valence electrons. The zero-order valence-electron chi connectivity index (χ0n) is 14.8. The first kappa shape index (κ1) is 18.7. The summed E-state index contributed by atoms with van der Waals surface area (Å²) in [7, 11) is 1.73. The van der Waals surface area contributed by atoms with Crippen molar-refractivity contribution in [2.24, 2.45) is 0 Å². The lowest BCUT2D eigenvalue weighted by Gasteiger charge is -2.22. The number of nitrogens with one attached hydrogen (secondary N) is 1. The number of aromatic nitrogens is 1. The molecular weight excluding hydrogens is 321 g/mol. The van der Waals surface area contributed by atoms with Gasteiger partial charge in [-0.25, -0.2) is 9.18 Å². The van der Waals surface area contributed by atoms with Crippen LogP contribution in [-0.2, 0) is 6.42 Å². The maximum atomic E-state index is 13.9. The van der Waals surface area contributed by atoms with E-state index in [9.17, 15) is 9.18 Å². The van der Waals surface area contributed by atoms with Gasteiger partial charge in [0.2, 0.25) is 0 Å². The van der Waals surface area contributed by atoms with Gasteiger partial charge in [-0.3, -0.25) is 4.98 Å². The van der Waals surface area contributed by atoms with E-state index in [1.54, 1.807) is 37.2 Å². The molecule has 1 unspecified atom stereocenters. The molecule has 0 aliphatic heterocycles. The topological polar surface area (TPSA) is 54.5 Å². The zero-order chi connectivity index (χ0) is 18.2. The summed E-state index contributed by atoms with van der Waals surface area (Å²) >= 11 is 0. The Bertz CT molecular complexity index is 694. The second kappa shape index (κ2) is 9.01. The van der Waals surface area contributed by atoms with Crippen molar-refractivity contribution in [3.63, 3.8) is 0 Å². The summed E-state index contributed by atoms with van der Waals surface area (Å²) in [6, 6.07) is 9.92. The van der Waals surface area contributed by atoms with Crippen LogP contribution in [0.4, 0.5) is 9.18 Å². The monoisotopic (exact) mass is 345 g/mol. The van der Waals surface area contributed by atoms with E-state index in [1.807, 2.05) is 25.1 Å². The summed E-state index contributed by atoms with van der Waals surface area (Å²) in [4.78, 5) is 18.1. The Kier molecular flexibility index (Phi) is 6.74. The van der Waals surface area contributed by atoms with Crippen LogP contribution < -0.4 is 10.1 Å². The first-order chi connectivity index (χ1) is 12.0. The Morgan fingerprint density at radius 1 is 1.36 bits per heavy atom. The molecule has 2 amide bonds. The lowest BCUT2D eigenvalue weighted by molar-refractivity contribution is 0.206. The molecule has 5 nitrogen and oxygen atoms in total. The molecule has 1 aromatic carbocycles. The average molecular weight is 345 g/mol. The molecule has 0 radical (unpaired) electrons. The fraction of sp³-hybridized carbons (Fsp3) is 0.368. The van der Waals surface area contributed by atoms with E-state index in [0.717, 1.165) is 5.69 Å². The SMILES string of the molecule is CCOc1ccc(C(C)NC(=O)N(C)CCc2ccccn2)cc1F. The van der Waals surface area contributed by atoms with Crippen LogP contribution in [0.1, 0.15) is 31.1 Å². The van der Waals surface area contributed by atoms with Crippen molar-refractivity contribution in [3.05, 3.63) is 59.7 Å². The van der Waals surface area contributed by atoms with Gasteiger partial charge >= 0.3 is 6.03 Å². The molecule has 2 rings (SSSR count). The number of hydrogen-bond donors (Lipinski definition) is 1. The molecule has 1 aromatic heterocycles. The number of benzene rings is 1. The minimum atomic E-state index is -0.427. The van der Waals surface area contributed by atoms with Crippen LogP contribution in [0.2, 0.25) is 0 Å². The van der Waals surface area contributed by atoms with Crippen LogP contribution in [-0.4, -0.2) is 36.1 Å². The number of nitrogens with zero attached hydrogens (tertiary/aromatic N) is 2. The maximum absolute atomic E-state index is 13.9. The number of urea groups is 1.